The molecule has 4 atom stereocenters. The van der Waals surface area contributed by atoms with Gasteiger partial charge in [-0.25, -0.2) is 0 Å². The maximum absolute atomic E-state index is 10.7. The van der Waals surface area contributed by atoms with E-state index in [4.69, 9.17) is 5.73 Å². The highest BCUT2D eigenvalue weighted by Crippen LogP contribution is 2.41. The molecule has 0 aromatic rings. The Kier molecular flexibility index (Phi) is 3.65. The van der Waals surface area contributed by atoms with E-state index in [2.05, 4.69) is 4.90 Å². The van der Waals surface area contributed by atoms with Crippen LogP contribution >= 0.6 is 0 Å². The van der Waals surface area contributed by atoms with E-state index in [1.54, 1.807) is 0 Å². The van der Waals surface area contributed by atoms with Crippen LogP contribution < -0.4 is 5.73 Å². The molecule has 0 aromatic carbocycles. The zero-order valence-electron chi connectivity index (χ0n) is 11.5. The van der Waals surface area contributed by atoms with E-state index in [1.165, 1.54) is 44.9 Å². The molecule has 1 saturated heterocycles. The Bertz CT molecular complexity index is 294. The fourth-order valence-electron chi connectivity index (χ4n) is 4.49. The van der Waals surface area contributed by atoms with Gasteiger partial charge in [-0.2, -0.15) is 0 Å². The van der Waals surface area contributed by atoms with Crippen LogP contribution in [0.25, 0.3) is 0 Å². The van der Waals surface area contributed by atoms with Gasteiger partial charge in [0.2, 0.25) is 0 Å². The second kappa shape index (κ2) is 5.10. The summed E-state index contributed by atoms with van der Waals surface area (Å²) in [7, 11) is 0. The lowest BCUT2D eigenvalue weighted by atomic mass is 9.70. The van der Waals surface area contributed by atoms with Gasteiger partial charge < -0.3 is 10.8 Å². The van der Waals surface area contributed by atoms with E-state index in [9.17, 15) is 5.11 Å². The van der Waals surface area contributed by atoms with Crippen molar-refractivity contribution in [2.45, 2.75) is 75.5 Å². The Morgan fingerprint density at radius 2 is 1.78 bits per heavy atom. The number of nitrogens with zero attached hydrogens (tertiary/aromatic N) is 1. The van der Waals surface area contributed by atoms with E-state index in [1.807, 2.05) is 0 Å². The molecule has 0 radical (unpaired) electrons. The fraction of sp³-hybridized carbons (Fsp3) is 1.00. The molecule has 3 nitrogen and oxygen atoms in total. The first-order valence-corrected chi connectivity index (χ1v) is 7.91. The monoisotopic (exact) mass is 252 g/mol. The van der Waals surface area contributed by atoms with Crippen LogP contribution in [0.1, 0.15) is 57.8 Å². The van der Waals surface area contributed by atoms with Gasteiger partial charge in [0.1, 0.15) is 0 Å². The third-order valence-electron chi connectivity index (χ3n) is 5.71. The van der Waals surface area contributed by atoms with Gasteiger partial charge in [-0.05, 0) is 32.1 Å². The van der Waals surface area contributed by atoms with Crippen molar-refractivity contribution in [2.75, 3.05) is 13.1 Å². The van der Waals surface area contributed by atoms with Gasteiger partial charge in [0.15, 0.2) is 0 Å². The lowest BCUT2D eigenvalue weighted by Crippen LogP contribution is -2.59. The van der Waals surface area contributed by atoms with Crippen molar-refractivity contribution in [3.05, 3.63) is 0 Å². The predicted octanol–water partition coefficient (Wildman–Crippen LogP) is 1.88. The summed E-state index contributed by atoms with van der Waals surface area (Å²) < 4.78 is 0. The molecule has 3 rings (SSSR count). The topological polar surface area (TPSA) is 49.5 Å². The number of rotatable bonds is 1. The first kappa shape index (κ1) is 12.9. The van der Waals surface area contributed by atoms with Gasteiger partial charge in [-0.15, -0.1) is 0 Å². The lowest BCUT2D eigenvalue weighted by molar-refractivity contribution is -0.106. The zero-order chi connectivity index (χ0) is 12.6. The van der Waals surface area contributed by atoms with Crippen molar-refractivity contribution in [1.29, 1.82) is 0 Å². The SMILES string of the molecule is NC1CCCCC1N1CCC2(O)CCCCC2C1. The third kappa shape index (κ3) is 2.33. The highest BCUT2D eigenvalue weighted by molar-refractivity contribution is 4.98. The van der Waals surface area contributed by atoms with E-state index in [0.29, 0.717) is 18.0 Å². The van der Waals surface area contributed by atoms with E-state index >= 15 is 0 Å². The normalized spacial score (nSPS) is 46.7. The standard InChI is InChI=1S/C15H28N2O/c16-13-6-1-2-7-14(13)17-10-9-15(18)8-4-3-5-12(15)11-17/h12-14,18H,1-11,16H2. The molecule has 1 heterocycles. The van der Waals surface area contributed by atoms with Crippen LogP contribution in [-0.4, -0.2) is 40.8 Å². The average molecular weight is 252 g/mol. The maximum Gasteiger partial charge on any atom is 0.0700 e. The molecule has 0 spiro atoms. The van der Waals surface area contributed by atoms with Gasteiger partial charge in [0, 0.05) is 31.1 Å². The Hall–Kier alpha value is -0.120. The highest BCUT2D eigenvalue weighted by Gasteiger charge is 2.44. The minimum absolute atomic E-state index is 0.340. The molecule has 3 fully saturated rings. The number of nitrogens with two attached hydrogens (primary N) is 1. The molecule has 0 bridgehead atoms. The van der Waals surface area contributed by atoms with Crippen molar-refractivity contribution in [1.82, 2.24) is 4.90 Å². The summed E-state index contributed by atoms with van der Waals surface area (Å²) in [6.07, 6.45) is 10.8. The van der Waals surface area contributed by atoms with Crippen LogP contribution in [0.15, 0.2) is 0 Å². The van der Waals surface area contributed by atoms with Crippen molar-refractivity contribution < 1.29 is 5.11 Å². The minimum atomic E-state index is -0.340. The van der Waals surface area contributed by atoms with Gasteiger partial charge in [0.25, 0.3) is 0 Å². The van der Waals surface area contributed by atoms with Crippen molar-refractivity contribution in [2.24, 2.45) is 11.7 Å². The van der Waals surface area contributed by atoms with Gasteiger partial charge in [0.05, 0.1) is 5.60 Å². The summed E-state index contributed by atoms with van der Waals surface area (Å²) >= 11 is 0. The number of hydrogen-bond donors (Lipinski definition) is 2. The molecule has 3 heteroatoms. The Labute approximate surface area is 111 Å². The molecule has 2 aliphatic carbocycles. The number of fused-ring (bicyclic) bond motifs is 1. The second-order valence-corrected chi connectivity index (χ2v) is 6.81. The molecule has 2 saturated carbocycles. The van der Waals surface area contributed by atoms with E-state index in [0.717, 1.165) is 25.9 Å². The van der Waals surface area contributed by atoms with Crippen molar-refractivity contribution >= 4 is 0 Å². The number of piperidine rings is 1. The Balaban J connectivity index is 1.65. The first-order chi connectivity index (χ1) is 8.69. The summed E-state index contributed by atoms with van der Waals surface area (Å²) in [4.78, 5) is 2.61. The smallest absolute Gasteiger partial charge is 0.0700 e. The van der Waals surface area contributed by atoms with Crippen LogP contribution in [-0.2, 0) is 0 Å². The molecule has 3 aliphatic rings. The number of aliphatic hydroxyl groups is 1. The molecule has 3 N–H and O–H groups in total. The summed E-state index contributed by atoms with van der Waals surface area (Å²) in [5, 5.41) is 10.7. The minimum Gasteiger partial charge on any atom is -0.390 e. The summed E-state index contributed by atoms with van der Waals surface area (Å²) in [6, 6.07) is 0.957. The van der Waals surface area contributed by atoms with Crippen LogP contribution in [0, 0.1) is 5.92 Å². The van der Waals surface area contributed by atoms with E-state index in [-0.39, 0.29) is 5.60 Å². The zero-order valence-corrected chi connectivity index (χ0v) is 11.5. The average Bonchev–Trinajstić information content (AvgIpc) is 2.38. The highest BCUT2D eigenvalue weighted by atomic mass is 16.3. The molecule has 0 aromatic heterocycles. The molecular weight excluding hydrogens is 224 g/mol. The molecule has 0 amide bonds. The Morgan fingerprint density at radius 3 is 2.61 bits per heavy atom. The van der Waals surface area contributed by atoms with Gasteiger partial charge in [-0.1, -0.05) is 25.7 Å². The summed E-state index contributed by atoms with van der Waals surface area (Å²) in [6.45, 7) is 2.15. The summed E-state index contributed by atoms with van der Waals surface area (Å²) in [5.41, 5.74) is 5.97. The Morgan fingerprint density at radius 1 is 1.00 bits per heavy atom. The largest absolute Gasteiger partial charge is 0.390 e. The fourth-order valence-corrected chi connectivity index (χ4v) is 4.49. The maximum atomic E-state index is 10.7. The summed E-state index contributed by atoms with van der Waals surface area (Å²) in [5.74, 6) is 0.508. The van der Waals surface area contributed by atoms with Crippen LogP contribution in [0.4, 0.5) is 0 Å². The molecule has 104 valence electrons. The van der Waals surface area contributed by atoms with Gasteiger partial charge in [-0.3, -0.25) is 4.90 Å². The molecule has 18 heavy (non-hydrogen) atoms. The quantitative estimate of drug-likeness (QED) is 0.749. The van der Waals surface area contributed by atoms with E-state index < -0.39 is 0 Å². The second-order valence-electron chi connectivity index (χ2n) is 6.81. The first-order valence-electron chi connectivity index (χ1n) is 7.91. The molecule has 4 unspecified atom stereocenters. The van der Waals surface area contributed by atoms with Gasteiger partial charge >= 0.3 is 0 Å². The van der Waals surface area contributed by atoms with Crippen molar-refractivity contribution in [3.8, 4) is 0 Å². The molecule has 1 aliphatic heterocycles. The van der Waals surface area contributed by atoms with Crippen molar-refractivity contribution in [3.63, 3.8) is 0 Å². The predicted molar refractivity (Wildman–Crippen MR) is 73.3 cm³/mol. The van der Waals surface area contributed by atoms with Crippen LogP contribution in [0.5, 0.6) is 0 Å². The number of hydrogen-bond acceptors (Lipinski definition) is 3. The van der Waals surface area contributed by atoms with Crippen LogP contribution in [0.2, 0.25) is 0 Å². The number of likely N-dealkylation sites (tertiary alicyclic amines) is 1. The molecular formula is C15H28N2O. The lowest BCUT2D eigenvalue weighted by Gasteiger charge is -2.51. The van der Waals surface area contributed by atoms with Crippen LogP contribution in [0.3, 0.4) is 0 Å². The third-order valence-corrected chi connectivity index (χ3v) is 5.71.